The summed E-state index contributed by atoms with van der Waals surface area (Å²) in [6.07, 6.45) is 4.81. The lowest BCUT2D eigenvalue weighted by molar-refractivity contribution is 0.324. The first-order valence-electron chi connectivity index (χ1n) is 8.17. The van der Waals surface area contributed by atoms with Gasteiger partial charge in [-0.1, -0.05) is 12.1 Å². The van der Waals surface area contributed by atoms with Crippen LogP contribution in [0.3, 0.4) is 0 Å². The number of anilines is 2. The highest BCUT2D eigenvalue weighted by atomic mass is 16.5. The van der Waals surface area contributed by atoms with Crippen molar-refractivity contribution < 1.29 is 4.74 Å². The number of nitrogens with two attached hydrogens (primary N) is 1. The summed E-state index contributed by atoms with van der Waals surface area (Å²) in [5.74, 6) is 1.01. The van der Waals surface area contributed by atoms with Crippen molar-refractivity contribution in [1.82, 2.24) is 0 Å². The lowest BCUT2D eigenvalue weighted by atomic mass is 10.1. The van der Waals surface area contributed by atoms with Crippen molar-refractivity contribution in [3.05, 3.63) is 53.1 Å². The van der Waals surface area contributed by atoms with Crippen molar-refractivity contribution in [3.63, 3.8) is 0 Å². The van der Waals surface area contributed by atoms with Crippen LogP contribution in [0, 0.1) is 0 Å². The summed E-state index contributed by atoms with van der Waals surface area (Å²) < 4.78 is 5.97. The van der Waals surface area contributed by atoms with E-state index in [1.807, 2.05) is 6.07 Å². The Bertz CT molecular complexity index is 696. The fourth-order valence-corrected chi connectivity index (χ4v) is 3.61. The maximum absolute atomic E-state index is 5.97. The van der Waals surface area contributed by atoms with E-state index in [1.165, 1.54) is 41.6 Å². The van der Waals surface area contributed by atoms with E-state index in [9.17, 15) is 0 Å². The predicted molar refractivity (Wildman–Crippen MR) is 90.7 cm³/mol. The minimum absolute atomic E-state index is 0.715. The largest absolute Gasteiger partial charge is 0.492 e. The molecule has 114 valence electrons. The van der Waals surface area contributed by atoms with Gasteiger partial charge in [-0.2, -0.15) is 0 Å². The smallest absolute Gasteiger partial charge is 0.119 e. The van der Waals surface area contributed by atoms with Gasteiger partial charge in [-0.25, -0.2) is 0 Å². The summed E-state index contributed by atoms with van der Waals surface area (Å²) >= 11 is 0. The minimum atomic E-state index is 0.715. The quantitative estimate of drug-likeness (QED) is 0.880. The van der Waals surface area contributed by atoms with E-state index in [4.69, 9.17) is 10.5 Å². The molecule has 3 heteroatoms. The molecule has 3 nitrogen and oxygen atoms in total. The zero-order valence-corrected chi connectivity index (χ0v) is 12.8. The molecule has 0 radical (unpaired) electrons. The fraction of sp³-hybridized carbons (Fsp3) is 0.368. The highest BCUT2D eigenvalue weighted by molar-refractivity contribution is 5.64. The molecule has 1 aliphatic carbocycles. The molecule has 2 aromatic carbocycles. The number of hydrogen-bond donors (Lipinski definition) is 1. The predicted octanol–water partition coefficient (Wildman–Crippen LogP) is 3.20. The molecule has 1 aliphatic heterocycles. The maximum atomic E-state index is 5.97. The Kier molecular flexibility index (Phi) is 3.41. The van der Waals surface area contributed by atoms with Crippen LogP contribution in [0.1, 0.15) is 23.1 Å². The minimum Gasteiger partial charge on any atom is -0.492 e. The third-order valence-corrected chi connectivity index (χ3v) is 4.80. The number of nitrogen functional groups attached to an aromatic ring is 1. The van der Waals surface area contributed by atoms with Crippen molar-refractivity contribution in [2.45, 2.75) is 25.7 Å². The molecular weight excluding hydrogens is 272 g/mol. The number of rotatable bonds is 4. The Balaban J connectivity index is 1.37. The zero-order chi connectivity index (χ0) is 14.9. The highest BCUT2D eigenvalue weighted by Gasteiger charge is 2.19. The summed E-state index contributed by atoms with van der Waals surface area (Å²) in [7, 11) is 0. The van der Waals surface area contributed by atoms with Gasteiger partial charge in [0.15, 0.2) is 0 Å². The van der Waals surface area contributed by atoms with E-state index in [0.717, 1.165) is 30.9 Å². The Labute approximate surface area is 131 Å². The van der Waals surface area contributed by atoms with Crippen LogP contribution in [0.4, 0.5) is 11.4 Å². The van der Waals surface area contributed by atoms with E-state index in [-0.39, 0.29) is 0 Å². The molecule has 2 N–H and O–H groups in total. The maximum Gasteiger partial charge on any atom is 0.119 e. The van der Waals surface area contributed by atoms with Gasteiger partial charge in [0.2, 0.25) is 0 Å². The van der Waals surface area contributed by atoms with Crippen molar-refractivity contribution in [2.24, 2.45) is 0 Å². The van der Waals surface area contributed by atoms with Gasteiger partial charge in [-0.15, -0.1) is 0 Å². The number of hydrogen-bond acceptors (Lipinski definition) is 3. The van der Waals surface area contributed by atoms with E-state index in [0.29, 0.717) is 6.61 Å². The number of ether oxygens (including phenoxy) is 1. The lowest BCUT2D eigenvalue weighted by Gasteiger charge is -2.20. The van der Waals surface area contributed by atoms with E-state index >= 15 is 0 Å². The van der Waals surface area contributed by atoms with Gasteiger partial charge in [0.25, 0.3) is 0 Å². The topological polar surface area (TPSA) is 38.5 Å². The van der Waals surface area contributed by atoms with Crippen LogP contribution in [-0.2, 0) is 19.3 Å². The molecule has 0 unspecified atom stereocenters. The molecule has 0 atom stereocenters. The van der Waals surface area contributed by atoms with E-state index in [2.05, 4.69) is 35.2 Å². The van der Waals surface area contributed by atoms with Crippen LogP contribution in [0.5, 0.6) is 5.75 Å². The molecule has 1 heterocycles. The standard InChI is InChI=1S/C19H22N2O/c20-17-6-4-15-8-9-21(19(15)13-17)10-11-22-18-7-5-14-2-1-3-16(14)12-18/h4-7,12-13H,1-3,8-11,20H2. The van der Waals surface area contributed by atoms with Gasteiger partial charge < -0.3 is 15.4 Å². The van der Waals surface area contributed by atoms with Crippen molar-refractivity contribution >= 4 is 11.4 Å². The first-order chi connectivity index (χ1) is 10.8. The molecular formula is C19H22N2O. The van der Waals surface area contributed by atoms with Crippen LogP contribution < -0.4 is 15.4 Å². The van der Waals surface area contributed by atoms with Crippen molar-refractivity contribution in [1.29, 1.82) is 0 Å². The molecule has 2 aromatic rings. The van der Waals surface area contributed by atoms with Crippen molar-refractivity contribution in [3.8, 4) is 5.75 Å². The molecule has 0 bridgehead atoms. The van der Waals surface area contributed by atoms with Gasteiger partial charge in [-0.05, 0) is 66.6 Å². The molecule has 0 spiro atoms. The summed E-state index contributed by atoms with van der Waals surface area (Å²) in [5.41, 5.74) is 12.4. The molecule has 0 amide bonds. The number of nitrogens with zero attached hydrogens (tertiary/aromatic N) is 1. The van der Waals surface area contributed by atoms with Gasteiger partial charge in [0, 0.05) is 17.9 Å². The molecule has 0 aromatic heterocycles. The molecule has 0 saturated heterocycles. The summed E-state index contributed by atoms with van der Waals surface area (Å²) in [4.78, 5) is 2.37. The van der Waals surface area contributed by atoms with Crippen LogP contribution in [0.25, 0.3) is 0 Å². The lowest BCUT2D eigenvalue weighted by Crippen LogP contribution is -2.26. The average molecular weight is 294 g/mol. The SMILES string of the molecule is Nc1ccc2c(c1)N(CCOc1ccc3c(c1)CCC3)CC2. The van der Waals surface area contributed by atoms with Crippen LogP contribution in [0.2, 0.25) is 0 Å². The monoisotopic (exact) mass is 294 g/mol. The second kappa shape index (κ2) is 5.56. The second-order valence-corrected chi connectivity index (χ2v) is 6.26. The third-order valence-electron chi connectivity index (χ3n) is 4.80. The van der Waals surface area contributed by atoms with Crippen LogP contribution >= 0.6 is 0 Å². The Morgan fingerprint density at radius 1 is 0.955 bits per heavy atom. The first-order valence-corrected chi connectivity index (χ1v) is 8.17. The summed E-state index contributed by atoms with van der Waals surface area (Å²) in [6, 6.07) is 12.8. The van der Waals surface area contributed by atoms with Gasteiger partial charge in [-0.3, -0.25) is 0 Å². The molecule has 2 aliphatic rings. The van der Waals surface area contributed by atoms with Crippen LogP contribution in [0.15, 0.2) is 36.4 Å². The second-order valence-electron chi connectivity index (χ2n) is 6.26. The average Bonchev–Trinajstić information content (AvgIpc) is 3.13. The fourth-order valence-electron chi connectivity index (χ4n) is 3.61. The molecule has 4 rings (SSSR count). The Hall–Kier alpha value is -2.16. The first kappa shape index (κ1) is 13.5. The number of benzene rings is 2. The molecule has 0 fully saturated rings. The van der Waals surface area contributed by atoms with E-state index in [1.54, 1.807) is 0 Å². The normalized spacial score (nSPS) is 15.7. The third kappa shape index (κ3) is 2.52. The number of aryl methyl sites for hydroxylation is 2. The molecule has 0 saturated carbocycles. The van der Waals surface area contributed by atoms with Gasteiger partial charge in [0.1, 0.15) is 12.4 Å². The van der Waals surface area contributed by atoms with Crippen molar-refractivity contribution in [2.75, 3.05) is 30.3 Å². The molecule has 22 heavy (non-hydrogen) atoms. The van der Waals surface area contributed by atoms with Gasteiger partial charge >= 0.3 is 0 Å². The Morgan fingerprint density at radius 2 is 1.82 bits per heavy atom. The Morgan fingerprint density at radius 3 is 2.77 bits per heavy atom. The van der Waals surface area contributed by atoms with Crippen LogP contribution in [-0.4, -0.2) is 19.7 Å². The zero-order valence-electron chi connectivity index (χ0n) is 12.8. The summed E-state index contributed by atoms with van der Waals surface area (Å²) in [6.45, 7) is 2.69. The summed E-state index contributed by atoms with van der Waals surface area (Å²) in [5, 5.41) is 0. The number of fused-ring (bicyclic) bond motifs is 2. The highest BCUT2D eigenvalue weighted by Crippen LogP contribution is 2.30. The van der Waals surface area contributed by atoms with E-state index < -0.39 is 0 Å². The van der Waals surface area contributed by atoms with Gasteiger partial charge in [0.05, 0.1) is 6.54 Å².